The Morgan fingerprint density at radius 3 is 1.96 bits per heavy atom. The summed E-state index contributed by atoms with van der Waals surface area (Å²) in [4.78, 5) is 24.1. The molecule has 0 saturated heterocycles. The van der Waals surface area contributed by atoms with Gasteiger partial charge in [-0.1, -0.05) is 42.5 Å². The molecule has 0 aliphatic carbocycles. The highest BCUT2D eigenvalue weighted by atomic mass is 19.1. The van der Waals surface area contributed by atoms with Crippen LogP contribution in [0.4, 0.5) is 31.0 Å². The number of para-hydroxylation sites is 1. The Balaban J connectivity index is 1.53. The number of hydrogen-bond donors (Lipinski definition) is 4. The molecule has 6 nitrogen and oxygen atoms in total. The fourth-order valence-corrected chi connectivity index (χ4v) is 2.48. The molecule has 0 aliphatic heterocycles. The summed E-state index contributed by atoms with van der Waals surface area (Å²) in [5, 5.41) is 10.6. The fraction of sp³-hybridized carbons (Fsp3) is 0.0476. The SMILES string of the molecule is O=C(NCc1ccccc1F)Nc1cccc(NC(=O)Nc2ccccc2)c1. The molecule has 0 bridgehead atoms. The number of amides is 4. The van der Waals surface area contributed by atoms with Gasteiger partial charge in [0, 0.05) is 29.2 Å². The molecule has 4 N–H and O–H groups in total. The molecule has 4 amide bonds. The zero-order valence-corrected chi connectivity index (χ0v) is 14.9. The molecular weight excluding hydrogens is 359 g/mol. The molecule has 3 aromatic carbocycles. The molecule has 3 rings (SSSR count). The summed E-state index contributed by atoms with van der Waals surface area (Å²) >= 11 is 0. The minimum Gasteiger partial charge on any atom is -0.334 e. The first-order valence-corrected chi connectivity index (χ1v) is 8.61. The lowest BCUT2D eigenvalue weighted by Gasteiger charge is -2.11. The Labute approximate surface area is 161 Å². The zero-order chi connectivity index (χ0) is 19.8. The van der Waals surface area contributed by atoms with Crippen LogP contribution < -0.4 is 21.3 Å². The summed E-state index contributed by atoms with van der Waals surface area (Å²) in [6.07, 6.45) is 0. The molecule has 0 fully saturated rings. The third-order valence-corrected chi connectivity index (χ3v) is 3.81. The maximum absolute atomic E-state index is 13.6. The van der Waals surface area contributed by atoms with Crippen molar-refractivity contribution in [2.24, 2.45) is 0 Å². The normalized spacial score (nSPS) is 10.0. The van der Waals surface area contributed by atoms with Crippen LogP contribution in [0.2, 0.25) is 0 Å². The molecule has 142 valence electrons. The third-order valence-electron chi connectivity index (χ3n) is 3.81. The number of carbonyl (C=O) groups excluding carboxylic acids is 2. The van der Waals surface area contributed by atoms with E-state index in [1.807, 2.05) is 18.2 Å². The Morgan fingerprint density at radius 2 is 1.25 bits per heavy atom. The van der Waals surface area contributed by atoms with E-state index in [1.165, 1.54) is 6.07 Å². The zero-order valence-electron chi connectivity index (χ0n) is 14.9. The van der Waals surface area contributed by atoms with Gasteiger partial charge in [-0.15, -0.1) is 0 Å². The molecule has 0 heterocycles. The molecule has 0 aliphatic rings. The van der Waals surface area contributed by atoms with Gasteiger partial charge in [-0.2, -0.15) is 0 Å². The predicted molar refractivity (Wildman–Crippen MR) is 108 cm³/mol. The average molecular weight is 378 g/mol. The van der Waals surface area contributed by atoms with E-state index in [4.69, 9.17) is 0 Å². The first kappa shape index (κ1) is 18.9. The number of rotatable bonds is 5. The third kappa shape index (κ3) is 5.57. The van der Waals surface area contributed by atoms with E-state index < -0.39 is 12.1 Å². The maximum atomic E-state index is 13.6. The number of anilines is 3. The Morgan fingerprint density at radius 1 is 0.679 bits per heavy atom. The van der Waals surface area contributed by atoms with E-state index in [1.54, 1.807) is 54.6 Å². The van der Waals surface area contributed by atoms with E-state index >= 15 is 0 Å². The van der Waals surface area contributed by atoms with Crippen LogP contribution in [0.1, 0.15) is 5.56 Å². The van der Waals surface area contributed by atoms with Crippen LogP contribution in [0.15, 0.2) is 78.9 Å². The van der Waals surface area contributed by atoms with Crippen LogP contribution in [0.3, 0.4) is 0 Å². The molecule has 0 unspecified atom stereocenters. The van der Waals surface area contributed by atoms with Gasteiger partial charge in [0.1, 0.15) is 5.82 Å². The lowest BCUT2D eigenvalue weighted by Crippen LogP contribution is -2.28. The molecule has 28 heavy (non-hydrogen) atoms. The fourth-order valence-electron chi connectivity index (χ4n) is 2.48. The Hall–Kier alpha value is -3.87. The minimum absolute atomic E-state index is 0.0654. The monoisotopic (exact) mass is 378 g/mol. The number of benzene rings is 3. The van der Waals surface area contributed by atoms with E-state index in [-0.39, 0.29) is 12.4 Å². The number of nitrogens with one attached hydrogen (secondary N) is 4. The second-order valence-corrected chi connectivity index (χ2v) is 5.93. The first-order chi connectivity index (χ1) is 13.6. The highest BCUT2D eigenvalue weighted by molar-refractivity contribution is 6.00. The van der Waals surface area contributed by atoms with Crippen LogP contribution >= 0.6 is 0 Å². The first-order valence-electron chi connectivity index (χ1n) is 8.61. The maximum Gasteiger partial charge on any atom is 0.323 e. The number of hydrogen-bond acceptors (Lipinski definition) is 2. The standard InChI is InChI=1S/C21H19FN4O2/c22-19-12-5-4-7-15(19)14-23-20(27)25-17-10-6-11-18(13-17)26-21(28)24-16-8-2-1-3-9-16/h1-13H,14H2,(H2,23,25,27)(H2,24,26,28). The number of urea groups is 2. The molecule has 0 radical (unpaired) electrons. The van der Waals surface area contributed by atoms with E-state index in [9.17, 15) is 14.0 Å². The van der Waals surface area contributed by atoms with Crippen LogP contribution in [-0.2, 0) is 6.54 Å². The number of carbonyl (C=O) groups is 2. The summed E-state index contributed by atoms with van der Waals surface area (Å²) in [5.74, 6) is -0.376. The Kier molecular flexibility index (Phi) is 6.20. The van der Waals surface area contributed by atoms with Gasteiger partial charge in [0.2, 0.25) is 0 Å². The second kappa shape index (κ2) is 9.18. The smallest absolute Gasteiger partial charge is 0.323 e. The summed E-state index contributed by atoms with van der Waals surface area (Å²) < 4.78 is 13.6. The minimum atomic E-state index is -0.478. The van der Waals surface area contributed by atoms with Crippen molar-refractivity contribution >= 4 is 29.1 Å². The van der Waals surface area contributed by atoms with Crippen molar-refractivity contribution in [3.05, 3.63) is 90.2 Å². The van der Waals surface area contributed by atoms with Gasteiger partial charge in [0.15, 0.2) is 0 Å². The quantitative estimate of drug-likeness (QED) is 0.515. The highest BCUT2D eigenvalue weighted by Crippen LogP contribution is 2.16. The Bertz CT molecular complexity index is 963. The van der Waals surface area contributed by atoms with Crippen molar-refractivity contribution in [1.29, 1.82) is 0 Å². The van der Waals surface area contributed by atoms with Crippen LogP contribution in [-0.4, -0.2) is 12.1 Å². The lowest BCUT2D eigenvalue weighted by molar-refractivity contribution is 0.251. The van der Waals surface area contributed by atoms with Crippen molar-refractivity contribution in [3.8, 4) is 0 Å². The molecule has 0 aromatic heterocycles. The van der Waals surface area contributed by atoms with Gasteiger partial charge in [0.05, 0.1) is 0 Å². The average Bonchev–Trinajstić information content (AvgIpc) is 2.68. The van der Waals surface area contributed by atoms with Crippen molar-refractivity contribution in [2.45, 2.75) is 6.54 Å². The van der Waals surface area contributed by atoms with Crippen molar-refractivity contribution < 1.29 is 14.0 Å². The summed E-state index contributed by atoms with van der Waals surface area (Å²) in [5.41, 5.74) is 2.07. The second-order valence-electron chi connectivity index (χ2n) is 5.93. The van der Waals surface area contributed by atoms with Gasteiger partial charge in [0.25, 0.3) is 0 Å². The van der Waals surface area contributed by atoms with Crippen LogP contribution in [0.25, 0.3) is 0 Å². The van der Waals surface area contributed by atoms with Crippen LogP contribution in [0.5, 0.6) is 0 Å². The molecule has 3 aromatic rings. The lowest BCUT2D eigenvalue weighted by atomic mass is 10.2. The van der Waals surface area contributed by atoms with Crippen molar-refractivity contribution in [2.75, 3.05) is 16.0 Å². The van der Waals surface area contributed by atoms with Gasteiger partial charge in [-0.3, -0.25) is 0 Å². The molecule has 0 atom stereocenters. The van der Waals surface area contributed by atoms with Crippen molar-refractivity contribution in [1.82, 2.24) is 5.32 Å². The molecule has 0 spiro atoms. The van der Waals surface area contributed by atoms with E-state index in [2.05, 4.69) is 21.3 Å². The number of halogens is 1. The van der Waals surface area contributed by atoms with Crippen LogP contribution in [0, 0.1) is 5.82 Å². The van der Waals surface area contributed by atoms with Crippen molar-refractivity contribution in [3.63, 3.8) is 0 Å². The predicted octanol–water partition coefficient (Wildman–Crippen LogP) is 4.79. The van der Waals surface area contributed by atoms with Gasteiger partial charge < -0.3 is 21.3 Å². The molecule has 7 heteroatoms. The molecule has 0 saturated carbocycles. The summed E-state index contributed by atoms with van der Waals surface area (Å²) in [6.45, 7) is 0.0654. The molecular formula is C21H19FN4O2. The van der Waals surface area contributed by atoms with Gasteiger partial charge >= 0.3 is 12.1 Å². The summed E-state index contributed by atoms with van der Waals surface area (Å²) in [6, 6.07) is 21.1. The van der Waals surface area contributed by atoms with E-state index in [0.29, 0.717) is 22.6 Å². The van der Waals surface area contributed by atoms with Gasteiger partial charge in [-0.05, 0) is 36.4 Å². The highest BCUT2D eigenvalue weighted by Gasteiger charge is 2.07. The largest absolute Gasteiger partial charge is 0.334 e. The van der Waals surface area contributed by atoms with E-state index in [0.717, 1.165) is 0 Å². The van der Waals surface area contributed by atoms with Gasteiger partial charge in [-0.25, -0.2) is 14.0 Å². The summed E-state index contributed by atoms with van der Waals surface area (Å²) in [7, 11) is 0. The topological polar surface area (TPSA) is 82.3 Å².